The highest BCUT2D eigenvalue weighted by Crippen LogP contribution is 2.32. The van der Waals surface area contributed by atoms with Crippen molar-refractivity contribution in [1.29, 1.82) is 0 Å². The number of piperidine rings is 1. The molecule has 0 radical (unpaired) electrons. The highest BCUT2D eigenvalue weighted by atomic mass is 32.2. The summed E-state index contributed by atoms with van der Waals surface area (Å²) in [5.74, 6) is 1.88. The summed E-state index contributed by atoms with van der Waals surface area (Å²) in [6, 6.07) is 10.8. The number of benzene rings is 1. The molecule has 3 heterocycles. The number of aromatic nitrogens is 2. The molecular formula is C18H19N3O4S2. The predicted molar refractivity (Wildman–Crippen MR) is 101 cm³/mol. The fourth-order valence-electron chi connectivity index (χ4n) is 3.17. The third kappa shape index (κ3) is 3.62. The summed E-state index contributed by atoms with van der Waals surface area (Å²) >= 11 is 1.25. The first-order valence-electron chi connectivity index (χ1n) is 8.59. The molecule has 0 amide bonds. The molecule has 0 atom stereocenters. The van der Waals surface area contributed by atoms with Crippen LogP contribution in [0.3, 0.4) is 0 Å². The van der Waals surface area contributed by atoms with Crippen LogP contribution in [0.2, 0.25) is 0 Å². The molecule has 0 spiro atoms. The number of thiophene rings is 1. The van der Waals surface area contributed by atoms with Crippen LogP contribution in [0.15, 0.2) is 50.5 Å². The van der Waals surface area contributed by atoms with Crippen molar-refractivity contribution in [1.82, 2.24) is 14.4 Å². The lowest BCUT2D eigenvalue weighted by Crippen LogP contribution is -2.37. The summed E-state index contributed by atoms with van der Waals surface area (Å²) in [5.41, 5.74) is 0.797. The molecule has 0 saturated carbocycles. The van der Waals surface area contributed by atoms with Crippen LogP contribution in [0.4, 0.5) is 0 Å². The highest BCUT2D eigenvalue weighted by molar-refractivity contribution is 7.91. The van der Waals surface area contributed by atoms with E-state index >= 15 is 0 Å². The largest absolute Gasteiger partial charge is 0.497 e. The Labute approximate surface area is 161 Å². The van der Waals surface area contributed by atoms with Crippen LogP contribution < -0.4 is 4.74 Å². The normalized spacial score (nSPS) is 16.5. The molecule has 0 bridgehead atoms. The Morgan fingerprint density at radius 3 is 2.74 bits per heavy atom. The molecule has 1 saturated heterocycles. The Morgan fingerprint density at radius 2 is 2.04 bits per heavy atom. The Kier molecular flexibility index (Phi) is 4.98. The summed E-state index contributed by atoms with van der Waals surface area (Å²) in [6.45, 7) is 0.905. The zero-order valence-corrected chi connectivity index (χ0v) is 16.4. The van der Waals surface area contributed by atoms with E-state index in [2.05, 4.69) is 10.1 Å². The minimum absolute atomic E-state index is 0.0860. The van der Waals surface area contributed by atoms with Crippen molar-refractivity contribution < 1.29 is 17.7 Å². The van der Waals surface area contributed by atoms with E-state index in [0.717, 1.165) is 11.3 Å². The van der Waals surface area contributed by atoms with Crippen molar-refractivity contribution in [3.05, 3.63) is 47.6 Å². The molecule has 2 aromatic heterocycles. The molecule has 1 fully saturated rings. The van der Waals surface area contributed by atoms with Gasteiger partial charge < -0.3 is 9.26 Å². The van der Waals surface area contributed by atoms with Crippen LogP contribution >= 0.6 is 11.3 Å². The van der Waals surface area contributed by atoms with Gasteiger partial charge in [-0.1, -0.05) is 17.3 Å². The molecular weight excluding hydrogens is 386 g/mol. The fourth-order valence-corrected chi connectivity index (χ4v) is 5.78. The Hall–Kier alpha value is -2.23. The lowest BCUT2D eigenvalue weighted by atomic mass is 9.97. The van der Waals surface area contributed by atoms with E-state index in [1.807, 2.05) is 24.3 Å². The van der Waals surface area contributed by atoms with Gasteiger partial charge in [-0.15, -0.1) is 11.3 Å². The number of ether oxygens (including phenoxy) is 1. The van der Waals surface area contributed by atoms with Gasteiger partial charge in [-0.2, -0.15) is 9.29 Å². The van der Waals surface area contributed by atoms with E-state index < -0.39 is 10.0 Å². The van der Waals surface area contributed by atoms with Crippen LogP contribution in [-0.2, 0) is 10.0 Å². The van der Waals surface area contributed by atoms with Crippen molar-refractivity contribution in [3.8, 4) is 17.2 Å². The van der Waals surface area contributed by atoms with E-state index in [-0.39, 0.29) is 5.92 Å². The van der Waals surface area contributed by atoms with Gasteiger partial charge in [-0.3, -0.25) is 0 Å². The second-order valence-electron chi connectivity index (χ2n) is 6.30. The van der Waals surface area contributed by atoms with E-state index in [0.29, 0.717) is 41.9 Å². The van der Waals surface area contributed by atoms with Crippen molar-refractivity contribution in [2.24, 2.45) is 0 Å². The Morgan fingerprint density at radius 1 is 1.22 bits per heavy atom. The van der Waals surface area contributed by atoms with Crippen LogP contribution in [0.1, 0.15) is 24.6 Å². The standard InChI is InChI=1S/C18H19N3O4S2/c1-24-15-5-2-4-14(12-15)18-19-17(20-25-18)13-7-9-21(10-8-13)27(22,23)16-6-3-11-26-16/h2-6,11-13H,7-10H2,1H3. The molecule has 0 unspecified atom stereocenters. The number of rotatable bonds is 5. The van der Waals surface area contributed by atoms with Gasteiger partial charge in [-0.25, -0.2) is 8.42 Å². The van der Waals surface area contributed by atoms with Gasteiger partial charge in [0, 0.05) is 24.6 Å². The third-order valence-corrected chi connectivity index (χ3v) is 7.94. The van der Waals surface area contributed by atoms with E-state index in [4.69, 9.17) is 9.26 Å². The topological polar surface area (TPSA) is 85.5 Å². The van der Waals surface area contributed by atoms with Crippen molar-refractivity contribution >= 4 is 21.4 Å². The molecule has 142 valence electrons. The highest BCUT2D eigenvalue weighted by Gasteiger charge is 2.32. The summed E-state index contributed by atoms with van der Waals surface area (Å²) in [5, 5.41) is 5.89. The minimum atomic E-state index is -3.40. The van der Waals surface area contributed by atoms with Gasteiger partial charge in [0.2, 0.25) is 0 Å². The van der Waals surface area contributed by atoms with Gasteiger partial charge in [-0.05, 0) is 42.5 Å². The second-order valence-corrected chi connectivity index (χ2v) is 9.41. The first kappa shape index (κ1) is 18.1. The first-order chi connectivity index (χ1) is 13.1. The monoisotopic (exact) mass is 405 g/mol. The smallest absolute Gasteiger partial charge is 0.258 e. The van der Waals surface area contributed by atoms with Gasteiger partial charge in [0.05, 0.1) is 7.11 Å². The van der Waals surface area contributed by atoms with Gasteiger partial charge in [0.25, 0.3) is 15.9 Å². The summed E-state index contributed by atoms with van der Waals surface area (Å²) in [6.07, 6.45) is 1.34. The first-order valence-corrected chi connectivity index (χ1v) is 10.9. The van der Waals surface area contributed by atoms with Gasteiger partial charge in [0.1, 0.15) is 9.96 Å². The average molecular weight is 406 g/mol. The minimum Gasteiger partial charge on any atom is -0.497 e. The summed E-state index contributed by atoms with van der Waals surface area (Å²) < 4.78 is 37.8. The Balaban J connectivity index is 1.45. The summed E-state index contributed by atoms with van der Waals surface area (Å²) in [7, 11) is -1.79. The molecule has 1 aliphatic rings. The van der Waals surface area contributed by atoms with Crippen molar-refractivity contribution in [2.45, 2.75) is 23.0 Å². The summed E-state index contributed by atoms with van der Waals surface area (Å²) in [4.78, 5) is 4.52. The molecule has 1 aromatic carbocycles. The van der Waals surface area contributed by atoms with Crippen LogP contribution in [0, 0.1) is 0 Å². The third-order valence-electron chi connectivity index (χ3n) is 4.67. The van der Waals surface area contributed by atoms with E-state index in [9.17, 15) is 8.42 Å². The number of nitrogens with zero attached hydrogens (tertiary/aromatic N) is 3. The van der Waals surface area contributed by atoms with Gasteiger partial charge >= 0.3 is 0 Å². The predicted octanol–water partition coefficient (Wildman–Crippen LogP) is 3.38. The molecule has 1 aliphatic heterocycles. The molecule has 0 N–H and O–H groups in total. The number of hydrogen-bond donors (Lipinski definition) is 0. The zero-order chi connectivity index (χ0) is 18.9. The maximum atomic E-state index is 12.6. The molecule has 9 heteroatoms. The van der Waals surface area contributed by atoms with E-state index in [1.54, 1.807) is 28.9 Å². The Bertz CT molecular complexity index is 1010. The maximum absolute atomic E-state index is 12.6. The quantitative estimate of drug-likeness (QED) is 0.647. The van der Waals surface area contributed by atoms with Crippen LogP contribution in [0.25, 0.3) is 11.5 Å². The molecule has 4 rings (SSSR count). The molecule has 27 heavy (non-hydrogen) atoms. The number of methoxy groups -OCH3 is 1. The lowest BCUT2D eigenvalue weighted by molar-refractivity contribution is 0.307. The maximum Gasteiger partial charge on any atom is 0.258 e. The fraction of sp³-hybridized carbons (Fsp3) is 0.333. The van der Waals surface area contributed by atoms with Gasteiger partial charge in [0.15, 0.2) is 5.82 Å². The van der Waals surface area contributed by atoms with E-state index in [1.165, 1.54) is 11.3 Å². The SMILES string of the molecule is COc1cccc(-c2nc(C3CCN(S(=O)(=O)c4cccs4)CC3)no2)c1. The molecule has 3 aromatic rings. The van der Waals surface area contributed by atoms with Crippen LogP contribution in [-0.4, -0.2) is 43.1 Å². The molecule has 0 aliphatic carbocycles. The zero-order valence-electron chi connectivity index (χ0n) is 14.7. The number of sulfonamides is 1. The average Bonchev–Trinajstić information content (AvgIpc) is 3.40. The molecule has 7 nitrogen and oxygen atoms in total. The number of hydrogen-bond acceptors (Lipinski definition) is 7. The van der Waals surface area contributed by atoms with Crippen LogP contribution in [0.5, 0.6) is 5.75 Å². The van der Waals surface area contributed by atoms with Crippen molar-refractivity contribution in [3.63, 3.8) is 0 Å². The second kappa shape index (κ2) is 7.41. The van der Waals surface area contributed by atoms with Crippen molar-refractivity contribution in [2.75, 3.05) is 20.2 Å². The lowest BCUT2D eigenvalue weighted by Gasteiger charge is -2.29.